The van der Waals surface area contributed by atoms with E-state index in [9.17, 15) is 13.9 Å². The zero-order chi connectivity index (χ0) is 23.7. The van der Waals surface area contributed by atoms with Crippen LogP contribution in [0.15, 0.2) is 36.5 Å². The van der Waals surface area contributed by atoms with Crippen LogP contribution in [-0.2, 0) is 0 Å². The number of rotatable bonds is 8. The van der Waals surface area contributed by atoms with Gasteiger partial charge in [0, 0.05) is 53.8 Å². The van der Waals surface area contributed by atoms with Gasteiger partial charge in [-0.2, -0.15) is 5.10 Å². The van der Waals surface area contributed by atoms with Crippen LogP contribution in [0.3, 0.4) is 0 Å². The summed E-state index contributed by atoms with van der Waals surface area (Å²) in [5, 5.41) is 30.2. The summed E-state index contributed by atoms with van der Waals surface area (Å²) in [6.07, 6.45) is 4.27. The maximum Gasteiger partial charge on any atom is 0.233 e. The van der Waals surface area contributed by atoms with Crippen LogP contribution in [0.4, 0.5) is 14.6 Å². The second-order valence-corrected chi connectivity index (χ2v) is 9.06. The predicted molar refractivity (Wildman–Crippen MR) is 123 cm³/mol. The van der Waals surface area contributed by atoms with Gasteiger partial charge in [-0.3, -0.25) is 4.39 Å². The van der Waals surface area contributed by atoms with Crippen molar-refractivity contribution >= 4 is 5.82 Å². The number of hydrogen-bond acceptors (Lipinski definition) is 8. The number of hydrogen-bond donors (Lipinski definition) is 2. The normalized spacial score (nSPS) is 18.8. The number of nitrogens with zero attached hydrogens (tertiary/aromatic N) is 5. The number of anilines is 1. The van der Waals surface area contributed by atoms with E-state index < -0.39 is 5.82 Å². The van der Waals surface area contributed by atoms with Crippen LogP contribution < -0.4 is 15.0 Å². The number of nitrogens with one attached hydrogen (secondary N) is 1. The molecule has 5 rings (SSSR count). The van der Waals surface area contributed by atoms with Crippen LogP contribution in [0, 0.1) is 11.2 Å². The largest absolute Gasteiger partial charge is 0.507 e. The number of methoxy groups -OCH3 is 1. The van der Waals surface area contributed by atoms with E-state index in [1.54, 1.807) is 12.1 Å². The number of phenolic OH excluding ortho intramolecular Hbond substituents is 1. The van der Waals surface area contributed by atoms with Crippen molar-refractivity contribution in [1.29, 1.82) is 0 Å². The highest BCUT2D eigenvalue weighted by molar-refractivity contribution is 5.75. The molecule has 2 aliphatic rings. The lowest BCUT2D eigenvalue weighted by atomic mass is 10.0. The van der Waals surface area contributed by atoms with Crippen molar-refractivity contribution in [2.24, 2.45) is 5.41 Å². The van der Waals surface area contributed by atoms with Gasteiger partial charge in [0.2, 0.25) is 5.88 Å². The Hall–Kier alpha value is -3.40. The molecule has 2 aromatic heterocycles. The second kappa shape index (κ2) is 9.09. The number of ether oxygens (including phenoxy) is 1. The van der Waals surface area contributed by atoms with Crippen LogP contribution in [0.5, 0.6) is 11.6 Å². The van der Waals surface area contributed by atoms with Crippen LogP contribution in [0.25, 0.3) is 22.4 Å². The molecule has 0 spiro atoms. The molecule has 1 saturated heterocycles. The highest BCUT2D eigenvalue weighted by Crippen LogP contribution is 2.45. The first kappa shape index (κ1) is 22.4. The highest BCUT2D eigenvalue weighted by atomic mass is 19.1. The molecule has 1 unspecified atom stereocenters. The van der Waals surface area contributed by atoms with Crippen molar-refractivity contribution in [3.05, 3.63) is 42.3 Å². The fraction of sp³-hybridized carbons (Fsp3) is 0.417. The number of benzene rings is 1. The van der Waals surface area contributed by atoms with Crippen molar-refractivity contribution in [3.8, 4) is 34.0 Å². The van der Waals surface area contributed by atoms with Gasteiger partial charge in [-0.1, -0.05) is 0 Å². The minimum Gasteiger partial charge on any atom is -0.507 e. The maximum absolute atomic E-state index is 14.9. The van der Waals surface area contributed by atoms with E-state index in [0.29, 0.717) is 17.1 Å². The molecule has 1 aromatic carbocycles. The first-order valence-corrected chi connectivity index (χ1v) is 11.3. The van der Waals surface area contributed by atoms with Gasteiger partial charge < -0.3 is 20.1 Å². The number of aromatic nitrogens is 4. The van der Waals surface area contributed by atoms with Crippen LogP contribution in [-0.4, -0.2) is 65.0 Å². The number of halogens is 2. The summed E-state index contributed by atoms with van der Waals surface area (Å²) in [6.45, 7) is 2.06. The molecule has 3 heterocycles. The van der Waals surface area contributed by atoms with E-state index in [2.05, 4.69) is 30.6 Å². The molecule has 3 aromatic rings. The van der Waals surface area contributed by atoms with Crippen molar-refractivity contribution in [3.63, 3.8) is 0 Å². The van der Waals surface area contributed by atoms with Crippen LogP contribution >= 0.6 is 0 Å². The number of alkyl halides is 1. The Morgan fingerprint density at radius 3 is 2.74 bits per heavy atom. The van der Waals surface area contributed by atoms with Gasteiger partial charge >= 0.3 is 0 Å². The summed E-state index contributed by atoms with van der Waals surface area (Å²) in [6, 6.07) is 7.93. The first-order valence-electron chi connectivity index (χ1n) is 11.3. The topological polar surface area (TPSA) is 96.3 Å². The first-order chi connectivity index (χ1) is 16.5. The molecule has 1 atom stereocenters. The summed E-state index contributed by atoms with van der Waals surface area (Å²) in [7, 11) is 1.45. The lowest BCUT2D eigenvalue weighted by molar-refractivity contribution is 0.317. The Balaban J connectivity index is 1.28. The summed E-state index contributed by atoms with van der Waals surface area (Å²) in [5.41, 5.74) is 1.09. The van der Waals surface area contributed by atoms with E-state index in [0.717, 1.165) is 38.9 Å². The van der Waals surface area contributed by atoms with Crippen LogP contribution in [0.1, 0.15) is 19.3 Å². The van der Waals surface area contributed by atoms with E-state index in [4.69, 9.17) is 4.74 Å². The molecular formula is C24H26F2N6O2. The minimum atomic E-state index is -0.538. The third-order valence-electron chi connectivity index (χ3n) is 6.68. The Morgan fingerprint density at radius 1 is 1.18 bits per heavy atom. The predicted octanol–water partition coefficient (Wildman–Crippen LogP) is 3.37. The lowest BCUT2D eigenvalue weighted by Crippen LogP contribution is -2.37. The van der Waals surface area contributed by atoms with Crippen molar-refractivity contribution in [2.45, 2.75) is 25.3 Å². The molecule has 178 valence electrons. The number of phenols is 1. The SMILES string of the molecule is COc1cc(-c2cc(O)c(-c3ccc(N4CCC(NCC5(CF)CC5)C4)nn3)cc2F)cnn1. The average Bonchev–Trinajstić information content (AvgIpc) is 3.51. The fourth-order valence-electron chi connectivity index (χ4n) is 4.25. The average molecular weight is 469 g/mol. The molecule has 0 radical (unpaired) electrons. The fourth-order valence-corrected chi connectivity index (χ4v) is 4.25. The molecule has 10 heteroatoms. The maximum atomic E-state index is 14.9. The van der Waals surface area contributed by atoms with Gasteiger partial charge in [0.25, 0.3) is 0 Å². The zero-order valence-corrected chi connectivity index (χ0v) is 18.8. The van der Waals surface area contributed by atoms with E-state index in [1.807, 2.05) is 6.07 Å². The smallest absolute Gasteiger partial charge is 0.233 e. The summed E-state index contributed by atoms with van der Waals surface area (Å²) in [4.78, 5) is 2.12. The lowest BCUT2D eigenvalue weighted by Gasteiger charge is -2.19. The molecule has 1 aliphatic carbocycles. The third-order valence-corrected chi connectivity index (χ3v) is 6.68. The van der Waals surface area contributed by atoms with Crippen molar-refractivity contribution in [2.75, 3.05) is 38.3 Å². The molecule has 1 aliphatic heterocycles. The second-order valence-electron chi connectivity index (χ2n) is 9.06. The van der Waals surface area contributed by atoms with Gasteiger partial charge in [0.1, 0.15) is 11.6 Å². The molecule has 2 fully saturated rings. The van der Waals surface area contributed by atoms with Crippen LogP contribution in [0.2, 0.25) is 0 Å². The zero-order valence-electron chi connectivity index (χ0n) is 18.8. The van der Waals surface area contributed by atoms with Gasteiger partial charge in [0.05, 0.1) is 25.7 Å². The van der Waals surface area contributed by atoms with Gasteiger partial charge in [0.15, 0.2) is 5.82 Å². The van der Waals surface area contributed by atoms with Crippen molar-refractivity contribution < 1.29 is 18.6 Å². The molecule has 34 heavy (non-hydrogen) atoms. The Morgan fingerprint density at radius 2 is 2.03 bits per heavy atom. The molecule has 0 amide bonds. The Kier molecular flexibility index (Phi) is 5.99. The van der Waals surface area contributed by atoms with Gasteiger partial charge in [-0.25, -0.2) is 4.39 Å². The summed E-state index contributed by atoms with van der Waals surface area (Å²) >= 11 is 0. The minimum absolute atomic E-state index is 0.124. The Bertz CT molecular complexity index is 1170. The highest BCUT2D eigenvalue weighted by Gasteiger charge is 2.43. The molecule has 1 saturated carbocycles. The van der Waals surface area contributed by atoms with E-state index >= 15 is 0 Å². The van der Waals surface area contributed by atoms with E-state index in [-0.39, 0.29) is 40.9 Å². The standard InChI is InChI=1S/C24H26F2N6O2/c1-34-23-8-15(11-28-31-23)17-10-21(33)18(9-19(17)26)20-2-3-22(30-29-20)32-7-4-16(12-32)27-14-24(13-25)5-6-24/h2-3,8-11,16,27,33H,4-7,12-14H2,1H3. The summed E-state index contributed by atoms with van der Waals surface area (Å²) < 4.78 is 33.0. The molecule has 8 nitrogen and oxygen atoms in total. The van der Waals surface area contributed by atoms with Gasteiger partial charge in [-0.05, 0) is 43.5 Å². The molecule has 0 bridgehead atoms. The molecular weight excluding hydrogens is 442 g/mol. The Labute approximate surface area is 196 Å². The monoisotopic (exact) mass is 468 g/mol. The summed E-state index contributed by atoms with van der Waals surface area (Å²) in [5.74, 6) is 0.299. The quantitative estimate of drug-likeness (QED) is 0.520. The van der Waals surface area contributed by atoms with E-state index in [1.165, 1.54) is 25.4 Å². The number of aromatic hydroxyl groups is 1. The third kappa shape index (κ3) is 4.50. The van der Waals surface area contributed by atoms with Crippen molar-refractivity contribution in [1.82, 2.24) is 25.7 Å². The molecule has 2 N–H and O–H groups in total. The van der Waals surface area contributed by atoms with Gasteiger partial charge in [-0.15, -0.1) is 15.3 Å².